The Morgan fingerprint density at radius 1 is 1.31 bits per heavy atom. The second-order valence-electron chi connectivity index (χ2n) is 2.88. The summed E-state index contributed by atoms with van der Waals surface area (Å²) in [5.41, 5.74) is 6.69. The van der Waals surface area contributed by atoms with Gasteiger partial charge in [0.05, 0.1) is 17.7 Å². The molecule has 1 amide bonds. The molecule has 0 atom stereocenters. The van der Waals surface area contributed by atoms with Crippen molar-refractivity contribution >= 4 is 17.4 Å². The minimum atomic E-state index is -0.234. The zero-order valence-corrected chi connectivity index (χ0v) is 6.83. The summed E-state index contributed by atoms with van der Waals surface area (Å²) in [7, 11) is 0. The second-order valence-corrected chi connectivity index (χ2v) is 2.88. The molecule has 1 aliphatic heterocycles. The van der Waals surface area contributed by atoms with Gasteiger partial charge in [0, 0.05) is 5.69 Å². The second kappa shape index (κ2) is 2.58. The van der Waals surface area contributed by atoms with Crippen LogP contribution in [0.1, 0.15) is 20.7 Å². The average Bonchev–Trinajstić information content (AvgIpc) is 2.12. The Balaban J connectivity index is 2.70. The molecule has 4 nitrogen and oxygen atoms in total. The van der Waals surface area contributed by atoms with Crippen molar-refractivity contribution in [1.29, 1.82) is 0 Å². The summed E-state index contributed by atoms with van der Waals surface area (Å²) < 4.78 is 0. The number of carbonyl (C=O) groups excluding carboxylic acids is 2. The van der Waals surface area contributed by atoms with Crippen molar-refractivity contribution in [2.24, 2.45) is 0 Å². The van der Waals surface area contributed by atoms with Gasteiger partial charge in [0.2, 0.25) is 0 Å². The van der Waals surface area contributed by atoms with E-state index in [1.165, 1.54) is 0 Å². The van der Waals surface area contributed by atoms with Crippen molar-refractivity contribution in [2.75, 3.05) is 12.3 Å². The molecule has 0 radical (unpaired) electrons. The van der Waals surface area contributed by atoms with E-state index in [-0.39, 0.29) is 18.2 Å². The molecule has 0 aromatic heterocycles. The van der Waals surface area contributed by atoms with Crippen molar-refractivity contribution in [3.8, 4) is 0 Å². The molecule has 0 saturated heterocycles. The quantitative estimate of drug-likeness (QED) is 0.554. The van der Waals surface area contributed by atoms with Crippen LogP contribution in [0.2, 0.25) is 0 Å². The maximum Gasteiger partial charge on any atom is 0.252 e. The predicted molar refractivity (Wildman–Crippen MR) is 47.5 cm³/mol. The molecule has 1 aliphatic rings. The minimum Gasteiger partial charge on any atom is -0.398 e. The van der Waals surface area contributed by atoms with Crippen LogP contribution in [0.4, 0.5) is 5.69 Å². The smallest absolute Gasteiger partial charge is 0.252 e. The maximum absolute atomic E-state index is 11.4. The SMILES string of the molecule is Nc1cccc2c1C(=O)CNC2=O. The number of Topliss-reactive ketones (excluding diaryl/α,β-unsaturated/α-hetero) is 1. The fraction of sp³-hybridized carbons (Fsp3) is 0.111. The summed E-state index contributed by atoms with van der Waals surface area (Å²) in [4.78, 5) is 22.6. The first-order valence-corrected chi connectivity index (χ1v) is 3.90. The molecule has 2 rings (SSSR count). The van der Waals surface area contributed by atoms with Crippen LogP contribution in [0.25, 0.3) is 0 Å². The first-order valence-electron chi connectivity index (χ1n) is 3.90. The predicted octanol–water partition coefficient (Wildman–Crippen LogP) is 0.195. The van der Waals surface area contributed by atoms with Crippen molar-refractivity contribution in [3.05, 3.63) is 29.3 Å². The normalized spacial score (nSPS) is 15.1. The highest BCUT2D eigenvalue weighted by atomic mass is 16.2. The topological polar surface area (TPSA) is 72.2 Å². The number of rotatable bonds is 0. The number of nitrogens with two attached hydrogens (primary N) is 1. The number of amides is 1. The van der Waals surface area contributed by atoms with E-state index in [1.54, 1.807) is 18.2 Å². The Morgan fingerprint density at radius 2 is 2.08 bits per heavy atom. The molecule has 0 aliphatic carbocycles. The van der Waals surface area contributed by atoms with E-state index in [1.807, 2.05) is 0 Å². The highest BCUT2D eigenvalue weighted by Gasteiger charge is 2.24. The van der Waals surface area contributed by atoms with Crippen molar-refractivity contribution in [2.45, 2.75) is 0 Å². The van der Waals surface area contributed by atoms with Crippen molar-refractivity contribution in [1.82, 2.24) is 5.32 Å². The fourth-order valence-electron chi connectivity index (χ4n) is 1.41. The molecule has 0 bridgehead atoms. The van der Waals surface area contributed by atoms with E-state index < -0.39 is 0 Å². The zero-order chi connectivity index (χ0) is 9.42. The Bertz CT molecular complexity index is 399. The Hall–Kier alpha value is -1.84. The van der Waals surface area contributed by atoms with E-state index in [9.17, 15) is 9.59 Å². The number of carbonyl (C=O) groups is 2. The number of anilines is 1. The van der Waals surface area contributed by atoms with Gasteiger partial charge in [-0.1, -0.05) is 6.07 Å². The van der Waals surface area contributed by atoms with Gasteiger partial charge in [-0.3, -0.25) is 9.59 Å². The Labute approximate surface area is 74.7 Å². The van der Waals surface area contributed by atoms with Gasteiger partial charge in [0.1, 0.15) is 0 Å². The summed E-state index contributed by atoms with van der Waals surface area (Å²) in [6.45, 7) is 0.0417. The number of nitrogens with one attached hydrogen (secondary N) is 1. The summed E-state index contributed by atoms with van der Waals surface area (Å²) in [6, 6.07) is 4.87. The number of benzene rings is 1. The molecule has 0 saturated carbocycles. The minimum absolute atomic E-state index is 0.0417. The van der Waals surface area contributed by atoms with Gasteiger partial charge in [-0.05, 0) is 12.1 Å². The first-order chi connectivity index (χ1) is 6.20. The molecular formula is C9H8N2O2. The van der Waals surface area contributed by atoms with Gasteiger partial charge < -0.3 is 11.1 Å². The largest absolute Gasteiger partial charge is 0.398 e. The first kappa shape index (κ1) is 7.79. The van der Waals surface area contributed by atoms with E-state index in [0.29, 0.717) is 16.8 Å². The highest BCUT2D eigenvalue weighted by molar-refractivity contribution is 6.16. The molecule has 3 N–H and O–H groups in total. The van der Waals surface area contributed by atoms with Crippen LogP contribution >= 0.6 is 0 Å². The molecule has 4 heteroatoms. The number of hydrogen-bond acceptors (Lipinski definition) is 3. The third-order valence-electron chi connectivity index (χ3n) is 2.03. The number of nitrogen functional groups attached to an aromatic ring is 1. The van der Waals surface area contributed by atoms with Crippen LogP contribution < -0.4 is 11.1 Å². The lowest BCUT2D eigenvalue weighted by Crippen LogP contribution is -2.36. The third kappa shape index (κ3) is 1.07. The van der Waals surface area contributed by atoms with E-state index in [0.717, 1.165) is 0 Å². The molecule has 1 aromatic carbocycles. The number of hydrogen-bond donors (Lipinski definition) is 2. The van der Waals surface area contributed by atoms with Gasteiger partial charge in [-0.2, -0.15) is 0 Å². The zero-order valence-electron chi connectivity index (χ0n) is 6.83. The van der Waals surface area contributed by atoms with Crippen LogP contribution in [-0.2, 0) is 0 Å². The van der Waals surface area contributed by atoms with Crippen molar-refractivity contribution in [3.63, 3.8) is 0 Å². The Kier molecular flexibility index (Phi) is 1.55. The molecule has 0 fully saturated rings. The summed E-state index contributed by atoms with van der Waals surface area (Å²) in [5, 5.41) is 2.47. The molecule has 1 aromatic rings. The average molecular weight is 176 g/mol. The number of fused-ring (bicyclic) bond motifs is 1. The summed E-state index contributed by atoms with van der Waals surface area (Å²) in [5.74, 6) is -0.366. The monoisotopic (exact) mass is 176 g/mol. The van der Waals surface area contributed by atoms with E-state index in [2.05, 4.69) is 5.32 Å². The lowest BCUT2D eigenvalue weighted by atomic mass is 9.98. The number of ketones is 1. The van der Waals surface area contributed by atoms with Crippen LogP contribution in [0.5, 0.6) is 0 Å². The van der Waals surface area contributed by atoms with Crippen molar-refractivity contribution < 1.29 is 9.59 Å². The van der Waals surface area contributed by atoms with E-state index >= 15 is 0 Å². The fourth-order valence-corrected chi connectivity index (χ4v) is 1.41. The molecular weight excluding hydrogens is 168 g/mol. The van der Waals surface area contributed by atoms with Crippen LogP contribution in [-0.4, -0.2) is 18.2 Å². The van der Waals surface area contributed by atoms with Gasteiger partial charge in [0.25, 0.3) is 5.91 Å². The van der Waals surface area contributed by atoms with Crippen LogP contribution in [0, 0.1) is 0 Å². The standard InChI is InChI=1S/C9H8N2O2/c10-6-3-1-2-5-8(6)7(12)4-11-9(5)13/h1-3H,4,10H2,(H,11,13). The van der Waals surface area contributed by atoms with Gasteiger partial charge >= 0.3 is 0 Å². The molecule has 1 heterocycles. The summed E-state index contributed by atoms with van der Waals surface area (Å²) >= 11 is 0. The molecule has 13 heavy (non-hydrogen) atoms. The van der Waals surface area contributed by atoms with Gasteiger partial charge in [-0.25, -0.2) is 0 Å². The maximum atomic E-state index is 11.4. The lowest BCUT2D eigenvalue weighted by molar-refractivity contribution is 0.0878. The molecule has 66 valence electrons. The van der Waals surface area contributed by atoms with Crippen LogP contribution in [0.3, 0.4) is 0 Å². The summed E-state index contributed by atoms with van der Waals surface area (Å²) in [6.07, 6.45) is 0. The van der Waals surface area contributed by atoms with Gasteiger partial charge in [-0.15, -0.1) is 0 Å². The highest BCUT2D eigenvalue weighted by Crippen LogP contribution is 2.19. The van der Waals surface area contributed by atoms with E-state index in [4.69, 9.17) is 5.73 Å². The lowest BCUT2D eigenvalue weighted by Gasteiger charge is -2.16. The molecule has 0 unspecified atom stereocenters. The van der Waals surface area contributed by atoms with Gasteiger partial charge in [0.15, 0.2) is 5.78 Å². The Morgan fingerprint density at radius 3 is 2.77 bits per heavy atom. The third-order valence-corrected chi connectivity index (χ3v) is 2.03. The van der Waals surface area contributed by atoms with Crippen LogP contribution in [0.15, 0.2) is 18.2 Å². The molecule has 0 spiro atoms.